The molecule has 3 aliphatic rings. The van der Waals surface area contributed by atoms with E-state index in [1.807, 2.05) is 19.2 Å². The average molecular weight is 534 g/mol. The molecule has 1 aromatic carbocycles. The number of benzene rings is 1. The van der Waals surface area contributed by atoms with Gasteiger partial charge in [0.1, 0.15) is 0 Å². The molecule has 0 amide bonds. The van der Waals surface area contributed by atoms with Gasteiger partial charge in [-0.1, -0.05) is 23.7 Å². The van der Waals surface area contributed by atoms with Gasteiger partial charge in [-0.2, -0.15) is 0 Å². The largest absolute Gasteiger partial charge is 0.376 e. The summed E-state index contributed by atoms with van der Waals surface area (Å²) in [5.74, 6) is 1.55. The molecule has 0 spiro atoms. The van der Waals surface area contributed by atoms with Gasteiger partial charge in [-0.05, 0) is 56.2 Å². The SMILES string of the molecule is CN=C(NC1CC1c1cccc(Cl)c1)N1CCC(OCC2CCCCO2)CC1.I. The van der Waals surface area contributed by atoms with Gasteiger partial charge in [0.05, 0.1) is 18.8 Å². The van der Waals surface area contributed by atoms with Gasteiger partial charge in [0.2, 0.25) is 0 Å². The summed E-state index contributed by atoms with van der Waals surface area (Å²) in [7, 11) is 1.88. The molecule has 0 radical (unpaired) electrons. The van der Waals surface area contributed by atoms with E-state index in [2.05, 4.69) is 27.3 Å². The molecule has 7 heteroatoms. The monoisotopic (exact) mass is 533 g/mol. The van der Waals surface area contributed by atoms with Crippen molar-refractivity contribution in [1.29, 1.82) is 0 Å². The summed E-state index contributed by atoms with van der Waals surface area (Å²) >= 11 is 6.14. The van der Waals surface area contributed by atoms with Gasteiger partial charge in [-0.25, -0.2) is 0 Å². The van der Waals surface area contributed by atoms with E-state index in [0.717, 1.165) is 63.0 Å². The number of nitrogens with one attached hydrogen (secondary N) is 1. The second kappa shape index (κ2) is 11.2. The number of rotatable bonds is 5. The first-order valence-electron chi connectivity index (χ1n) is 10.7. The Labute approximate surface area is 196 Å². The molecule has 2 heterocycles. The highest BCUT2D eigenvalue weighted by atomic mass is 127. The fourth-order valence-corrected chi connectivity index (χ4v) is 4.54. The molecule has 1 saturated carbocycles. The second-order valence-corrected chi connectivity index (χ2v) is 8.64. The first kappa shape index (κ1) is 23.1. The summed E-state index contributed by atoms with van der Waals surface area (Å²) in [6.07, 6.45) is 7.50. The van der Waals surface area contributed by atoms with Crippen LogP contribution in [0.25, 0.3) is 0 Å². The zero-order chi connectivity index (χ0) is 19.3. The normalized spacial score (nSPS) is 28.0. The topological polar surface area (TPSA) is 46.1 Å². The minimum absolute atomic E-state index is 0. The highest BCUT2D eigenvalue weighted by Crippen LogP contribution is 2.41. The number of guanidine groups is 1. The van der Waals surface area contributed by atoms with E-state index < -0.39 is 0 Å². The van der Waals surface area contributed by atoms with Crippen LogP contribution in [0.2, 0.25) is 5.02 Å². The van der Waals surface area contributed by atoms with Crippen molar-refractivity contribution in [3.8, 4) is 0 Å². The first-order valence-corrected chi connectivity index (χ1v) is 11.1. The van der Waals surface area contributed by atoms with Crippen molar-refractivity contribution in [1.82, 2.24) is 10.2 Å². The Bertz CT molecular complexity index is 676. The molecule has 162 valence electrons. The molecule has 2 aliphatic heterocycles. The third-order valence-corrected chi connectivity index (χ3v) is 6.36. The number of halogens is 2. The number of likely N-dealkylation sites (tertiary alicyclic amines) is 1. The molecular formula is C22H33ClIN3O2. The number of hydrogen-bond acceptors (Lipinski definition) is 3. The summed E-state index contributed by atoms with van der Waals surface area (Å²) in [4.78, 5) is 6.89. The summed E-state index contributed by atoms with van der Waals surface area (Å²) < 4.78 is 11.9. The van der Waals surface area contributed by atoms with Crippen LogP contribution in [0.15, 0.2) is 29.3 Å². The lowest BCUT2D eigenvalue weighted by Crippen LogP contribution is -2.48. The molecule has 0 bridgehead atoms. The van der Waals surface area contributed by atoms with E-state index in [-0.39, 0.29) is 24.0 Å². The van der Waals surface area contributed by atoms with Crippen LogP contribution in [0.5, 0.6) is 0 Å². The maximum absolute atomic E-state index is 6.14. The lowest BCUT2D eigenvalue weighted by Gasteiger charge is -2.35. The van der Waals surface area contributed by atoms with E-state index in [4.69, 9.17) is 21.1 Å². The Morgan fingerprint density at radius 2 is 2.10 bits per heavy atom. The fourth-order valence-electron chi connectivity index (χ4n) is 4.34. The Hall–Kier alpha value is -0.570. The Kier molecular flexibility index (Phi) is 8.89. The predicted molar refractivity (Wildman–Crippen MR) is 129 cm³/mol. The Morgan fingerprint density at radius 3 is 2.79 bits per heavy atom. The third kappa shape index (κ3) is 6.45. The molecule has 1 aliphatic carbocycles. The molecule has 2 saturated heterocycles. The zero-order valence-corrected chi connectivity index (χ0v) is 20.3. The van der Waals surface area contributed by atoms with Gasteiger partial charge >= 0.3 is 0 Å². The van der Waals surface area contributed by atoms with Crippen molar-refractivity contribution in [2.75, 3.05) is 33.4 Å². The van der Waals surface area contributed by atoms with Gasteiger partial charge in [0, 0.05) is 43.7 Å². The van der Waals surface area contributed by atoms with Crippen LogP contribution in [-0.2, 0) is 9.47 Å². The molecule has 5 nitrogen and oxygen atoms in total. The number of ether oxygens (including phenoxy) is 2. The van der Waals surface area contributed by atoms with Gasteiger partial charge in [0.15, 0.2) is 5.96 Å². The van der Waals surface area contributed by atoms with Crippen LogP contribution in [0.3, 0.4) is 0 Å². The molecule has 1 aromatic rings. The van der Waals surface area contributed by atoms with Gasteiger partial charge < -0.3 is 19.7 Å². The zero-order valence-electron chi connectivity index (χ0n) is 17.2. The van der Waals surface area contributed by atoms with E-state index in [9.17, 15) is 0 Å². The van der Waals surface area contributed by atoms with Crippen LogP contribution in [0.4, 0.5) is 0 Å². The highest BCUT2D eigenvalue weighted by molar-refractivity contribution is 14.0. The minimum atomic E-state index is 0. The van der Waals surface area contributed by atoms with Gasteiger partial charge in [-0.3, -0.25) is 4.99 Å². The molecular weight excluding hydrogens is 501 g/mol. The number of hydrogen-bond donors (Lipinski definition) is 1. The Balaban J connectivity index is 0.00000240. The number of aliphatic imine (C=N–C) groups is 1. The second-order valence-electron chi connectivity index (χ2n) is 8.20. The van der Waals surface area contributed by atoms with Crippen LogP contribution < -0.4 is 5.32 Å². The fraction of sp³-hybridized carbons (Fsp3) is 0.682. The van der Waals surface area contributed by atoms with E-state index in [0.29, 0.717) is 24.2 Å². The van der Waals surface area contributed by atoms with Crippen molar-refractivity contribution in [2.45, 2.75) is 62.7 Å². The minimum Gasteiger partial charge on any atom is -0.376 e. The van der Waals surface area contributed by atoms with Crippen molar-refractivity contribution < 1.29 is 9.47 Å². The smallest absolute Gasteiger partial charge is 0.193 e. The van der Waals surface area contributed by atoms with E-state index >= 15 is 0 Å². The van der Waals surface area contributed by atoms with Gasteiger partial charge in [-0.15, -0.1) is 24.0 Å². The highest BCUT2D eigenvalue weighted by Gasteiger charge is 2.40. The standard InChI is InChI=1S/C22H32ClN3O2.HI/c1-24-22(25-21-14-20(21)16-5-4-6-17(23)13-16)26-10-8-18(9-11-26)28-15-19-7-2-3-12-27-19;/h4-6,13,18-21H,2-3,7-12,14-15H2,1H3,(H,24,25);1H. The van der Waals surface area contributed by atoms with E-state index in [1.165, 1.54) is 18.4 Å². The lowest BCUT2D eigenvalue weighted by atomic mass is 10.1. The Morgan fingerprint density at radius 1 is 1.28 bits per heavy atom. The molecule has 3 unspecified atom stereocenters. The van der Waals surface area contributed by atoms with Crippen molar-refractivity contribution in [2.24, 2.45) is 4.99 Å². The molecule has 3 atom stereocenters. The molecule has 3 fully saturated rings. The molecule has 1 N–H and O–H groups in total. The quantitative estimate of drug-likeness (QED) is 0.345. The molecule has 4 rings (SSSR count). The maximum atomic E-state index is 6.14. The first-order chi connectivity index (χ1) is 13.7. The van der Waals surface area contributed by atoms with Gasteiger partial charge in [0.25, 0.3) is 0 Å². The molecule has 0 aromatic heterocycles. The van der Waals surface area contributed by atoms with E-state index in [1.54, 1.807) is 0 Å². The van der Waals surface area contributed by atoms with Crippen molar-refractivity contribution >= 4 is 41.5 Å². The van der Waals surface area contributed by atoms with Crippen molar-refractivity contribution in [3.63, 3.8) is 0 Å². The third-order valence-electron chi connectivity index (χ3n) is 6.13. The summed E-state index contributed by atoms with van der Waals surface area (Å²) in [5.41, 5.74) is 1.32. The van der Waals surface area contributed by atoms with Crippen LogP contribution in [-0.4, -0.2) is 62.5 Å². The van der Waals surface area contributed by atoms with Crippen molar-refractivity contribution in [3.05, 3.63) is 34.9 Å². The number of piperidine rings is 1. The predicted octanol–water partition coefficient (Wildman–Crippen LogP) is 4.44. The number of nitrogens with zero attached hydrogens (tertiary/aromatic N) is 2. The average Bonchev–Trinajstić information content (AvgIpc) is 3.51. The summed E-state index contributed by atoms with van der Waals surface area (Å²) in [5, 5.41) is 4.46. The van der Waals surface area contributed by atoms with Crippen LogP contribution >= 0.6 is 35.6 Å². The lowest BCUT2D eigenvalue weighted by molar-refractivity contribution is -0.0721. The summed E-state index contributed by atoms with van der Waals surface area (Å²) in [6, 6.07) is 8.66. The molecule has 29 heavy (non-hydrogen) atoms. The summed E-state index contributed by atoms with van der Waals surface area (Å²) in [6.45, 7) is 3.63. The van der Waals surface area contributed by atoms with Crippen LogP contribution in [0.1, 0.15) is 50.0 Å². The van der Waals surface area contributed by atoms with Crippen LogP contribution in [0, 0.1) is 0 Å². The maximum Gasteiger partial charge on any atom is 0.193 e.